The summed E-state index contributed by atoms with van der Waals surface area (Å²) in [7, 11) is 0. The van der Waals surface area contributed by atoms with Crippen LogP contribution in [0.25, 0.3) is 11.1 Å². The lowest BCUT2D eigenvalue weighted by Crippen LogP contribution is -2.07. The average molecular weight is 223 g/mol. The number of hydrogen-bond donors (Lipinski definition) is 0. The third-order valence-electron chi connectivity index (χ3n) is 2.44. The van der Waals surface area contributed by atoms with Crippen molar-refractivity contribution in [3.8, 4) is 22.9 Å². The van der Waals surface area contributed by atoms with Crippen molar-refractivity contribution in [2.45, 2.75) is 13.0 Å². The number of benzene rings is 2. The summed E-state index contributed by atoms with van der Waals surface area (Å²) >= 11 is 0. The molecule has 0 bridgehead atoms. The van der Waals surface area contributed by atoms with Crippen LogP contribution in [0.1, 0.15) is 6.92 Å². The van der Waals surface area contributed by atoms with Gasteiger partial charge in [-0.2, -0.15) is 5.26 Å². The maximum atomic E-state index is 8.71. The summed E-state index contributed by atoms with van der Waals surface area (Å²) in [5.41, 5.74) is 2.23. The molecule has 1 atom stereocenters. The second kappa shape index (κ2) is 5.18. The van der Waals surface area contributed by atoms with E-state index in [2.05, 4.69) is 6.07 Å². The number of nitrogens with zero attached hydrogens (tertiary/aromatic N) is 1. The predicted molar refractivity (Wildman–Crippen MR) is 67.6 cm³/mol. The second-order valence-electron chi connectivity index (χ2n) is 3.78. The summed E-state index contributed by atoms with van der Waals surface area (Å²) < 4.78 is 5.46. The number of ether oxygens (including phenoxy) is 1. The van der Waals surface area contributed by atoms with E-state index in [0.717, 1.165) is 16.9 Å². The van der Waals surface area contributed by atoms with Gasteiger partial charge >= 0.3 is 0 Å². The molecule has 0 N–H and O–H groups in total. The second-order valence-corrected chi connectivity index (χ2v) is 3.78. The summed E-state index contributed by atoms with van der Waals surface area (Å²) in [5.74, 6) is 0.723. The number of nitriles is 1. The topological polar surface area (TPSA) is 33.0 Å². The number of hydrogen-bond acceptors (Lipinski definition) is 2. The van der Waals surface area contributed by atoms with E-state index in [-0.39, 0.29) is 0 Å². The first kappa shape index (κ1) is 11.2. The molecule has 2 rings (SSSR count). The zero-order chi connectivity index (χ0) is 12.1. The average Bonchev–Trinajstić information content (AvgIpc) is 2.40. The molecule has 2 aromatic carbocycles. The monoisotopic (exact) mass is 223 g/mol. The molecule has 2 heteroatoms. The Hall–Kier alpha value is -2.27. The highest BCUT2D eigenvalue weighted by atomic mass is 16.5. The van der Waals surface area contributed by atoms with Crippen LogP contribution < -0.4 is 4.74 Å². The molecule has 2 nitrogen and oxygen atoms in total. The van der Waals surface area contributed by atoms with Crippen LogP contribution in [0.5, 0.6) is 5.75 Å². The lowest BCUT2D eigenvalue weighted by molar-refractivity contribution is 0.276. The van der Waals surface area contributed by atoms with Crippen LogP contribution in [0.15, 0.2) is 54.6 Å². The molecule has 0 unspecified atom stereocenters. The molecule has 0 spiro atoms. The Kier molecular flexibility index (Phi) is 3.42. The first-order valence-electron chi connectivity index (χ1n) is 5.51. The van der Waals surface area contributed by atoms with Gasteiger partial charge in [0.05, 0.1) is 0 Å². The molecule has 0 aliphatic rings. The molecule has 84 valence electrons. The minimum absolute atomic E-state index is 0.430. The van der Waals surface area contributed by atoms with E-state index in [1.54, 1.807) is 6.92 Å². The van der Waals surface area contributed by atoms with Crippen LogP contribution in [-0.2, 0) is 0 Å². The van der Waals surface area contributed by atoms with Crippen LogP contribution in [0.3, 0.4) is 0 Å². The van der Waals surface area contributed by atoms with Crippen molar-refractivity contribution in [3.63, 3.8) is 0 Å². The Morgan fingerprint density at radius 1 is 1.00 bits per heavy atom. The van der Waals surface area contributed by atoms with Crippen molar-refractivity contribution >= 4 is 0 Å². The van der Waals surface area contributed by atoms with Crippen molar-refractivity contribution in [2.24, 2.45) is 0 Å². The van der Waals surface area contributed by atoms with E-state index < -0.39 is 6.10 Å². The Morgan fingerprint density at radius 2 is 1.71 bits per heavy atom. The van der Waals surface area contributed by atoms with Crippen LogP contribution in [0.2, 0.25) is 0 Å². The van der Waals surface area contributed by atoms with E-state index in [9.17, 15) is 0 Å². The summed E-state index contributed by atoms with van der Waals surface area (Å²) in [6, 6.07) is 19.9. The molecule has 17 heavy (non-hydrogen) atoms. The molecule has 0 radical (unpaired) electrons. The zero-order valence-electron chi connectivity index (χ0n) is 9.63. The highest BCUT2D eigenvalue weighted by Gasteiger charge is 2.03. The first-order chi connectivity index (χ1) is 8.29. The molecule has 0 heterocycles. The van der Waals surface area contributed by atoms with Gasteiger partial charge in [0.2, 0.25) is 0 Å². The third-order valence-corrected chi connectivity index (χ3v) is 2.44. The maximum Gasteiger partial charge on any atom is 0.181 e. The predicted octanol–water partition coefficient (Wildman–Crippen LogP) is 3.64. The zero-order valence-corrected chi connectivity index (χ0v) is 9.63. The van der Waals surface area contributed by atoms with Crippen molar-refractivity contribution in [3.05, 3.63) is 54.6 Å². The Bertz CT molecular complexity index is 528. The number of rotatable bonds is 3. The van der Waals surface area contributed by atoms with Crippen molar-refractivity contribution < 1.29 is 4.74 Å². The Balaban J connectivity index is 2.27. The van der Waals surface area contributed by atoms with Gasteiger partial charge in [-0.1, -0.05) is 42.5 Å². The Morgan fingerprint density at radius 3 is 2.41 bits per heavy atom. The van der Waals surface area contributed by atoms with Crippen LogP contribution >= 0.6 is 0 Å². The quantitative estimate of drug-likeness (QED) is 0.795. The lowest BCUT2D eigenvalue weighted by atomic mass is 10.1. The van der Waals surface area contributed by atoms with E-state index in [0.29, 0.717) is 0 Å². The minimum atomic E-state index is -0.430. The SMILES string of the molecule is C[C@H](C#N)Oc1cccc(-c2ccccc2)c1. The van der Waals surface area contributed by atoms with Gasteiger partial charge in [0.1, 0.15) is 11.8 Å². The third kappa shape index (κ3) is 2.85. The molecular formula is C15H13NO. The fourth-order valence-electron chi connectivity index (χ4n) is 1.61. The van der Waals surface area contributed by atoms with E-state index >= 15 is 0 Å². The lowest BCUT2D eigenvalue weighted by Gasteiger charge is -2.09. The van der Waals surface area contributed by atoms with Crippen molar-refractivity contribution in [1.29, 1.82) is 5.26 Å². The highest BCUT2D eigenvalue weighted by Crippen LogP contribution is 2.23. The summed E-state index contributed by atoms with van der Waals surface area (Å²) in [6.07, 6.45) is -0.430. The van der Waals surface area contributed by atoms with Crippen molar-refractivity contribution in [2.75, 3.05) is 0 Å². The molecule has 0 aliphatic heterocycles. The van der Waals surface area contributed by atoms with Gasteiger partial charge in [0.25, 0.3) is 0 Å². The van der Waals surface area contributed by atoms with Gasteiger partial charge in [-0.05, 0) is 30.2 Å². The first-order valence-corrected chi connectivity index (χ1v) is 5.51. The normalized spacial score (nSPS) is 11.5. The van der Waals surface area contributed by atoms with Crippen LogP contribution in [-0.4, -0.2) is 6.10 Å². The fraction of sp³-hybridized carbons (Fsp3) is 0.133. The van der Waals surface area contributed by atoms with Crippen LogP contribution in [0.4, 0.5) is 0 Å². The standard InChI is InChI=1S/C15H13NO/c1-12(11-16)17-15-9-5-8-14(10-15)13-6-3-2-4-7-13/h2-10,12H,1H3/t12-/m1/s1. The summed E-state index contributed by atoms with van der Waals surface area (Å²) in [4.78, 5) is 0. The van der Waals surface area contributed by atoms with Gasteiger partial charge in [-0.3, -0.25) is 0 Å². The summed E-state index contributed by atoms with van der Waals surface area (Å²) in [6.45, 7) is 1.73. The Labute approximate surface area is 101 Å². The van der Waals surface area contributed by atoms with Gasteiger partial charge < -0.3 is 4.74 Å². The molecule has 2 aromatic rings. The van der Waals surface area contributed by atoms with Gasteiger partial charge in [-0.25, -0.2) is 0 Å². The summed E-state index contributed by atoms with van der Waals surface area (Å²) in [5, 5.41) is 8.71. The molecule has 0 aromatic heterocycles. The molecule has 0 aliphatic carbocycles. The molecule has 0 fully saturated rings. The van der Waals surface area contributed by atoms with Gasteiger partial charge in [-0.15, -0.1) is 0 Å². The molecule has 0 saturated heterocycles. The molecule has 0 amide bonds. The fourth-order valence-corrected chi connectivity index (χ4v) is 1.61. The maximum absolute atomic E-state index is 8.71. The van der Waals surface area contributed by atoms with E-state index in [1.165, 1.54) is 0 Å². The van der Waals surface area contributed by atoms with Crippen LogP contribution in [0, 0.1) is 11.3 Å². The molecular weight excluding hydrogens is 210 g/mol. The largest absolute Gasteiger partial charge is 0.476 e. The highest BCUT2D eigenvalue weighted by molar-refractivity contribution is 5.64. The smallest absolute Gasteiger partial charge is 0.181 e. The van der Waals surface area contributed by atoms with E-state index in [4.69, 9.17) is 10.00 Å². The van der Waals surface area contributed by atoms with E-state index in [1.807, 2.05) is 54.6 Å². The van der Waals surface area contributed by atoms with Gasteiger partial charge in [0, 0.05) is 0 Å². The minimum Gasteiger partial charge on any atom is -0.476 e. The van der Waals surface area contributed by atoms with Crippen molar-refractivity contribution in [1.82, 2.24) is 0 Å². The van der Waals surface area contributed by atoms with Gasteiger partial charge in [0.15, 0.2) is 6.10 Å². The molecule has 0 saturated carbocycles.